The van der Waals surface area contributed by atoms with E-state index in [1.807, 2.05) is 36.4 Å². The molecule has 38 heavy (non-hydrogen) atoms. The maximum Gasteiger partial charge on any atom is 0.338 e. The molecule has 1 aromatic heterocycles. The Labute approximate surface area is 224 Å². The largest absolute Gasteiger partial charge is 0.497 e. The van der Waals surface area contributed by atoms with E-state index in [4.69, 9.17) is 9.47 Å². The standard InChI is InChI=1S/C29H29N3O5S/c1-5-7-16-31-21-11-9-8-10-20(21)23(26(31)33)25-27(34)32-24(18-12-14-19(36-4)15-13-18)22(28(35)37-6-2)17(3)30-29(32)38-25/h8-15,24H,5-7,16H2,1-4H3. The Bertz CT molecular complexity index is 1630. The first-order valence-electron chi connectivity index (χ1n) is 12.7. The normalized spacial score (nSPS) is 17.7. The second-order valence-electron chi connectivity index (χ2n) is 9.10. The third kappa shape index (κ3) is 4.16. The van der Waals surface area contributed by atoms with Crippen molar-refractivity contribution in [2.75, 3.05) is 25.2 Å². The van der Waals surface area contributed by atoms with Crippen molar-refractivity contribution in [1.29, 1.82) is 0 Å². The zero-order valence-corrected chi connectivity index (χ0v) is 22.6. The number of carbonyl (C=O) groups excluding carboxylic acids is 2. The van der Waals surface area contributed by atoms with Gasteiger partial charge in [-0.1, -0.05) is 55.0 Å². The van der Waals surface area contributed by atoms with Gasteiger partial charge in [0.2, 0.25) is 0 Å². The molecule has 2 aromatic carbocycles. The molecule has 1 amide bonds. The van der Waals surface area contributed by atoms with Gasteiger partial charge in [-0.3, -0.25) is 14.2 Å². The van der Waals surface area contributed by atoms with Crippen LogP contribution in [0.4, 0.5) is 5.69 Å². The van der Waals surface area contributed by atoms with E-state index >= 15 is 0 Å². The molecule has 0 bridgehead atoms. The number of nitrogens with zero attached hydrogens (tertiary/aromatic N) is 3. The monoisotopic (exact) mass is 531 g/mol. The molecule has 3 heterocycles. The topological polar surface area (TPSA) is 90.2 Å². The minimum Gasteiger partial charge on any atom is -0.497 e. The number of fused-ring (bicyclic) bond motifs is 2. The molecule has 9 heteroatoms. The number of hydrogen-bond donors (Lipinski definition) is 0. The van der Waals surface area contributed by atoms with Gasteiger partial charge in [0.05, 0.1) is 42.3 Å². The maximum atomic E-state index is 14.1. The number of unbranched alkanes of at least 4 members (excludes halogenated alkanes) is 1. The minimum atomic E-state index is -0.756. The van der Waals surface area contributed by atoms with Gasteiger partial charge in [-0.25, -0.2) is 9.79 Å². The summed E-state index contributed by atoms with van der Waals surface area (Å²) in [5, 5.41) is 0. The van der Waals surface area contributed by atoms with E-state index < -0.39 is 12.0 Å². The average Bonchev–Trinajstić information content (AvgIpc) is 3.38. The zero-order valence-electron chi connectivity index (χ0n) is 21.8. The number of benzene rings is 2. The molecule has 196 valence electrons. The van der Waals surface area contributed by atoms with Gasteiger partial charge in [-0.2, -0.15) is 0 Å². The van der Waals surface area contributed by atoms with Crippen LogP contribution in [0.15, 0.2) is 69.6 Å². The highest BCUT2D eigenvalue weighted by Crippen LogP contribution is 2.36. The Morgan fingerprint density at radius 2 is 1.82 bits per heavy atom. The highest BCUT2D eigenvalue weighted by atomic mass is 32.1. The predicted octanol–water partition coefficient (Wildman–Crippen LogP) is 3.32. The number of anilines is 1. The lowest BCUT2D eigenvalue weighted by Crippen LogP contribution is -2.41. The summed E-state index contributed by atoms with van der Waals surface area (Å²) in [5.41, 5.74) is 3.05. The summed E-state index contributed by atoms with van der Waals surface area (Å²) in [6.45, 7) is 6.33. The summed E-state index contributed by atoms with van der Waals surface area (Å²) in [5.74, 6) is -0.0603. The SMILES string of the molecule is CCCCN1C(=O)C(=c2sc3n(c2=O)C(c2ccc(OC)cc2)C(C(=O)OCC)=C(C)N=3)c2ccccc21. The summed E-state index contributed by atoms with van der Waals surface area (Å²) in [7, 11) is 1.58. The van der Waals surface area contributed by atoms with Crippen LogP contribution in [0.25, 0.3) is 5.57 Å². The lowest BCUT2D eigenvalue weighted by molar-refractivity contribution is -0.139. The Morgan fingerprint density at radius 1 is 1.08 bits per heavy atom. The quantitative estimate of drug-likeness (QED) is 0.437. The number of carbonyl (C=O) groups is 2. The molecule has 0 N–H and O–H groups in total. The van der Waals surface area contributed by atoms with Gasteiger partial charge in [0.25, 0.3) is 11.5 Å². The second-order valence-corrected chi connectivity index (χ2v) is 10.1. The first-order valence-corrected chi connectivity index (χ1v) is 13.5. The van der Waals surface area contributed by atoms with Crippen molar-refractivity contribution in [3.63, 3.8) is 0 Å². The van der Waals surface area contributed by atoms with Crippen LogP contribution in [0.2, 0.25) is 0 Å². The second kappa shape index (κ2) is 10.4. The maximum absolute atomic E-state index is 14.1. The third-order valence-electron chi connectivity index (χ3n) is 6.81. The van der Waals surface area contributed by atoms with Crippen molar-refractivity contribution in [1.82, 2.24) is 4.57 Å². The fourth-order valence-electron chi connectivity index (χ4n) is 4.98. The minimum absolute atomic E-state index is 0.188. The van der Waals surface area contributed by atoms with Gasteiger partial charge >= 0.3 is 5.97 Å². The van der Waals surface area contributed by atoms with Crippen LogP contribution in [-0.2, 0) is 14.3 Å². The highest BCUT2D eigenvalue weighted by molar-refractivity contribution is 7.07. The Morgan fingerprint density at radius 3 is 2.50 bits per heavy atom. The van der Waals surface area contributed by atoms with Gasteiger partial charge in [-0.05, 0) is 44.0 Å². The number of ether oxygens (including phenoxy) is 2. The molecule has 8 nitrogen and oxygen atoms in total. The van der Waals surface area contributed by atoms with Crippen molar-refractivity contribution in [2.24, 2.45) is 4.99 Å². The van der Waals surface area contributed by atoms with Crippen LogP contribution in [0.3, 0.4) is 0 Å². The molecular weight excluding hydrogens is 502 g/mol. The molecule has 3 aromatic rings. The molecule has 1 atom stereocenters. The van der Waals surface area contributed by atoms with Crippen molar-refractivity contribution in [3.8, 4) is 5.75 Å². The van der Waals surface area contributed by atoms with Crippen LogP contribution >= 0.6 is 11.3 Å². The first kappa shape index (κ1) is 25.7. The number of esters is 1. The molecule has 1 unspecified atom stereocenters. The molecule has 2 aliphatic rings. The Hall–Kier alpha value is -3.98. The first-order chi connectivity index (χ1) is 18.4. The fraction of sp³-hybridized carbons (Fsp3) is 0.310. The van der Waals surface area contributed by atoms with E-state index in [2.05, 4.69) is 11.9 Å². The third-order valence-corrected chi connectivity index (χ3v) is 7.86. The summed E-state index contributed by atoms with van der Waals surface area (Å²) in [4.78, 5) is 47.8. The lowest BCUT2D eigenvalue weighted by atomic mass is 9.96. The average molecular weight is 532 g/mol. The molecule has 2 aliphatic heterocycles. The molecule has 0 spiro atoms. The number of aromatic nitrogens is 1. The number of methoxy groups -OCH3 is 1. The molecule has 0 fully saturated rings. The molecule has 0 aliphatic carbocycles. The Balaban J connectivity index is 1.77. The summed E-state index contributed by atoms with van der Waals surface area (Å²) < 4.78 is 12.5. The molecule has 0 saturated heterocycles. The summed E-state index contributed by atoms with van der Waals surface area (Å²) in [6, 6.07) is 14.0. The van der Waals surface area contributed by atoms with Crippen LogP contribution < -0.4 is 24.5 Å². The van der Waals surface area contributed by atoms with Gasteiger partial charge in [0.1, 0.15) is 10.3 Å². The van der Waals surface area contributed by atoms with Gasteiger partial charge in [-0.15, -0.1) is 0 Å². The van der Waals surface area contributed by atoms with E-state index in [9.17, 15) is 14.4 Å². The van der Waals surface area contributed by atoms with E-state index in [1.165, 1.54) is 15.9 Å². The number of rotatable bonds is 7. The highest BCUT2D eigenvalue weighted by Gasteiger charge is 2.37. The number of para-hydroxylation sites is 1. The van der Waals surface area contributed by atoms with E-state index in [0.717, 1.165) is 24.1 Å². The Kier molecular flexibility index (Phi) is 7.03. The molecular formula is C29H29N3O5S. The smallest absolute Gasteiger partial charge is 0.338 e. The van der Waals surface area contributed by atoms with Crippen LogP contribution in [-0.4, -0.2) is 36.7 Å². The van der Waals surface area contributed by atoms with Crippen LogP contribution in [0.5, 0.6) is 5.75 Å². The molecule has 5 rings (SSSR count). The van der Waals surface area contributed by atoms with Crippen LogP contribution in [0, 0.1) is 0 Å². The van der Waals surface area contributed by atoms with Crippen molar-refractivity contribution >= 4 is 34.5 Å². The molecule has 0 radical (unpaired) electrons. The number of thiazole rings is 1. The fourth-order valence-corrected chi connectivity index (χ4v) is 6.12. The van der Waals surface area contributed by atoms with Crippen molar-refractivity contribution in [2.45, 2.75) is 39.7 Å². The van der Waals surface area contributed by atoms with Gasteiger partial charge < -0.3 is 14.4 Å². The lowest BCUT2D eigenvalue weighted by Gasteiger charge is -2.24. The number of amides is 1. The summed E-state index contributed by atoms with van der Waals surface area (Å²) in [6.07, 6.45) is 1.80. The van der Waals surface area contributed by atoms with Gasteiger partial charge in [0.15, 0.2) is 4.80 Å². The molecule has 0 saturated carbocycles. The number of hydrogen-bond acceptors (Lipinski definition) is 7. The predicted molar refractivity (Wildman–Crippen MR) is 146 cm³/mol. The van der Waals surface area contributed by atoms with Crippen molar-refractivity contribution in [3.05, 3.63) is 90.6 Å². The van der Waals surface area contributed by atoms with Crippen LogP contribution in [0.1, 0.15) is 50.8 Å². The number of allylic oxidation sites excluding steroid dienone is 1. The zero-order chi connectivity index (χ0) is 27.0. The van der Waals surface area contributed by atoms with Crippen molar-refractivity contribution < 1.29 is 19.1 Å². The van der Waals surface area contributed by atoms with E-state index in [0.29, 0.717) is 44.0 Å². The summed E-state index contributed by atoms with van der Waals surface area (Å²) >= 11 is 1.18. The van der Waals surface area contributed by atoms with E-state index in [-0.39, 0.29) is 18.1 Å². The van der Waals surface area contributed by atoms with Gasteiger partial charge in [0, 0.05) is 12.1 Å². The van der Waals surface area contributed by atoms with E-state index in [1.54, 1.807) is 38.0 Å².